The minimum atomic E-state index is 0. The Labute approximate surface area is 135 Å². The Morgan fingerprint density at radius 2 is 2.06 bits per heavy atom. The van der Waals surface area contributed by atoms with Crippen LogP contribution in [0, 0.1) is 0 Å². The predicted molar refractivity (Wildman–Crippen MR) is 92.7 cm³/mol. The normalized spacial score (nSPS) is 10.8. The fraction of sp³-hybridized carbons (Fsp3) is 0.462. The van der Waals surface area contributed by atoms with Crippen molar-refractivity contribution in [2.75, 3.05) is 20.6 Å². The molecule has 0 spiro atoms. The van der Waals surface area contributed by atoms with E-state index in [2.05, 4.69) is 56.3 Å². The van der Waals surface area contributed by atoms with E-state index >= 15 is 0 Å². The predicted octanol–water partition coefficient (Wildman–Crippen LogP) is 3.48. The van der Waals surface area contributed by atoms with Crippen LogP contribution in [0.4, 0.5) is 0 Å². The number of guanidine groups is 1. The van der Waals surface area contributed by atoms with Gasteiger partial charge in [0.2, 0.25) is 0 Å². The molecule has 0 heterocycles. The molecule has 5 heteroatoms. The average Bonchev–Trinajstić information content (AvgIpc) is 2.33. The van der Waals surface area contributed by atoms with Crippen LogP contribution < -0.4 is 5.32 Å². The highest BCUT2D eigenvalue weighted by molar-refractivity contribution is 14.0. The van der Waals surface area contributed by atoms with Crippen LogP contribution in [0.3, 0.4) is 0 Å². The van der Waals surface area contributed by atoms with Crippen molar-refractivity contribution in [2.24, 2.45) is 4.99 Å². The maximum atomic E-state index is 4.27. The van der Waals surface area contributed by atoms with Crippen LogP contribution in [0.2, 0.25) is 0 Å². The molecule has 0 aliphatic rings. The number of benzene rings is 1. The summed E-state index contributed by atoms with van der Waals surface area (Å²) in [5.74, 6) is 0.933. The Morgan fingerprint density at radius 3 is 2.61 bits per heavy atom. The van der Waals surface area contributed by atoms with Crippen LogP contribution in [0.1, 0.15) is 18.9 Å². The van der Waals surface area contributed by atoms with Gasteiger partial charge in [0, 0.05) is 31.7 Å². The molecular weight excluding hydrogens is 405 g/mol. The van der Waals surface area contributed by atoms with Crippen molar-refractivity contribution in [2.45, 2.75) is 19.9 Å². The van der Waals surface area contributed by atoms with E-state index in [1.54, 1.807) is 0 Å². The van der Waals surface area contributed by atoms with Crippen molar-refractivity contribution in [3.8, 4) is 0 Å². The number of nitrogens with one attached hydrogen (secondary N) is 1. The molecule has 1 aromatic carbocycles. The van der Waals surface area contributed by atoms with Crippen molar-refractivity contribution in [1.29, 1.82) is 0 Å². The van der Waals surface area contributed by atoms with Crippen LogP contribution >= 0.6 is 39.9 Å². The molecule has 0 saturated carbocycles. The summed E-state index contributed by atoms with van der Waals surface area (Å²) in [6, 6.07) is 8.26. The van der Waals surface area contributed by atoms with Gasteiger partial charge in [-0.25, -0.2) is 0 Å². The highest BCUT2D eigenvalue weighted by Gasteiger charge is 2.07. The molecule has 0 aromatic heterocycles. The van der Waals surface area contributed by atoms with Crippen molar-refractivity contribution in [3.63, 3.8) is 0 Å². The van der Waals surface area contributed by atoms with Crippen LogP contribution in [0.5, 0.6) is 0 Å². The molecule has 0 aliphatic carbocycles. The van der Waals surface area contributed by atoms with Crippen LogP contribution in [-0.2, 0) is 6.54 Å². The fourth-order valence-electron chi connectivity index (χ4n) is 1.58. The highest BCUT2D eigenvalue weighted by Crippen LogP contribution is 2.17. The Bertz CT molecular complexity index is 382. The quantitative estimate of drug-likeness (QED) is 0.454. The van der Waals surface area contributed by atoms with Gasteiger partial charge in [-0.05, 0) is 18.1 Å². The van der Waals surface area contributed by atoms with Gasteiger partial charge in [-0.2, -0.15) is 0 Å². The minimum absolute atomic E-state index is 0. The summed E-state index contributed by atoms with van der Waals surface area (Å²) in [4.78, 5) is 6.39. The van der Waals surface area contributed by atoms with E-state index in [1.807, 2.05) is 20.2 Å². The zero-order chi connectivity index (χ0) is 12.7. The number of halogens is 2. The third kappa shape index (κ3) is 5.56. The summed E-state index contributed by atoms with van der Waals surface area (Å²) in [6.07, 6.45) is 1.10. The van der Waals surface area contributed by atoms with Crippen LogP contribution in [0.15, 0.2) is 33.7 Å². The molecule has 18 heavy (non-hydrogen) atoms. The lowest BCUT2D eigenvalue weighted by molar-refractivity contribution is 0.476. The highest BCUT2D eigenvalue weighted by atomic mass is 127. The van der Waals surface area contributed by atoms with Gasteiger partial charge in [-0.15, -0.1) is 24.0 Å². The molecule has 0 amide bonds. The van der Waals surface area contributed by atoms with E-state index in [-0.39, 0.29) is 24.0 Å². The molecule has 1 aromatic rings. The van der Waals surface area contributed by atoms with Crippen molar-refractivity contribution in [1.82, 2.24) is 10.2 Å². The van der Waals surface area contributed by atoms with Crippen LogP contribution in [-0.4, -0.2) is 31.5 Å². The van der Waals surface area contributed by atoms with Crippen molar-refractivity contribution < 1.29 is 0 Å². The van der Waals surface area contributed by atoms with Gasteiger partial charge in [0.1, 0.15) is 0 Å². The summed E-state index contributed by atoms with van der Waals surface area (Å²) in [7, 11) is 3.86. The molecule has 1 N–H and O–H groups in total. The third-order valence-electron chi connectivity index (χ3n) is 2.47. The second-order valence-corrected chi connectivity index (χ2v) is 4.78. The summed E-state index contributed by atoms with van der Waals surface area (Å²) < 4.78 is 1.14. The van der Waals surface area contributed by atoms with E-state index in [0.29, 0.717) is 0 Å². The third-order valence-corrected chi connectivity index (χ3v) is 3.25. The number of aliphatic imine (C=N–C) groups is 1. The van der Waals surface area contributed by atoms with Gasteiger partial charge >= 0.3 is 0 Å². The second-order valence-electron chi connectivity index (χ2n) is 3.92. The SMILES string of the molecule is CCCNC(=NC)N(C)Cc1ccccc1Br.I. The van der Waals surface area contributed by atoms with Crippen LogP contribution in [0.25, 0.3) is 0 Å². The second kappa shape index (κ2) is 9.61. The molecule has 1 rings (SSSR count). The first-order valence-corrected chi connectivity index (χ1v) is 6.63. The molecule has 0 saturated heterocycles. The molecule has 0 bridgehead atoms. The molecule has 0 atom stereocenters. The van der Waals surface area contributed by atoms with E-state index in [1.165, 1.54) is 5.56 Å². The van der Waals surface area contributed by atoms with E-state index < -0.39 is 0 Å². The molecule has 0 radical (unpaired) electrons. The van der Waals surface area contributed by atoms with E-state index in [9.17, 15) is 0 Å². The number of hydrogen-bond acceptors (Lipinski definition) is 1. The van der Waals surface area contributed by atoms with Crippen molar-refractivity contribution >= 4 is 45.9 Å². The molecular formula is C13H21BrIN3. The van der Waals surface area contributed by atoms with Gasteiger partial charge in [-0.3, -0.25) is 4.99 Å². The zero-order valence-corrected chi connectivity index (χ0v) is 15.0. The van der Waals surface area contributed by atoms with E-state index in [4.69, 9.17) is 0 Å². The molecule has 0 fully saturated rings. The molecule has 0 aliphatic heterocycles. The largest absolute Gasteiger partial charge is 0.356 e. The zero-order valence-electron chi connectivity index (χ0n) is 11.1. The first kappa shape index (κ1) is 17.7. The molecule has 3 nitrogen and oxygen atoms in total. The Morgan fingerprint density at radius 1 is 1.39 bits per heavy atom. The Kier molecular flexibility index (Phi) is 9.45. The van der Waals surface area contributed by atoms with Gasteiger partial charge < -0.3 is 10.2 Å². The summed E-state index contributed by atoms with van der Waals surface area (Å²) in [5.41, 5.74) is 1.26. The number of nitrogens with zero attached hydrogens (tertiary/aromatic N) is 2. The first-order chi connectivity index (χ1) is 8.19. The smallest absolute Gasteiger partial charge is 0.193 e. The lowest BCUT2D eigenvalue weighted by Gasteiger charge is -2.22. The first-order valence-electron chi connectivity index (χ1n) is 5.84. The monoisotopic (exact) mass is 425 g/mol. The van der Waals surface area contributed by atoms with E-state index in [0.717, 1.165) is 29.9 Å². The Balaban J connectivity index is 0.00000289. The lowest BCUT2D eigenvalue weighted by Crippen LogP contribution is -2.38. The summed E-state index contributed by atoms with van der Waals surface area (Å²) in [6.45, 7) is 3.94. The standard InChI is InChI=1S/C13H20BrN3.HI/c1-4-9-16-13(15-2)17(3)10-11-7-5-6-8-12(11)14;/h5-8H,4,9-10H2,1-3H3,(H,15,16);1H. The average molecular weight is 426 g/mol. The van der Waals surface area contributed by atoms with Gasteiger partial charge in [-0.1, -0.05) is 41.1 Å². The molecule has 102 valence electrons. The topological polar surface area (TPSA) is 27.6 Å². The Hall–Kier alpha value is -0.300. The van der Waals surface area contributed by atoms with Crippen molar-refractivity contribution in [3.05, 3.63) is 34.3 Å². The number of hydrogen-bond donors (Lipinski definition) is 1. The maximum Gasteiger partial charge on any atom is 0.193 e. The van der Waals surface area contributed by atoms with Gasteiger partial charge in [0.05, 0.1) is 0 Å². The van der Waals surface area contributed by atoms with Gasteiger partial charge in [0.25, 0.3) is 0 Å². The maximum absolute atomic E-state index is 4.27. The summed E-state index contributed by atoms with van der Waals surface area (Å²) >= 11 is 3.56. The number of rotatable bonds is 4. The fourth-order valence-corrected chi connectivity index (χ4v) is 1.99. The molecule has 0 unspecified atom stereocenters. The summed E-state index contributed by atoms with van der Waals surface area (Å²) in [5, 5.41) is 3.32. The van der Waals surface area contributed by atoms with Gasteiger partial charge in [0.15, 0.2) is 5.96 Å². The lowest BCUT2D eigenvalue weighted by atomic mass is 10.2. The minimum Gasteiger partial charge on any atom is -0.356 e.